The van der Waals surface area contributed by atoms with Crippen molar-refractivity contribution in [3.8, 4) is 5.75 Å². The minimum Gasteiger partial charge on any atom is -0.435 e. The van der Waals surface area contributed by atoms with E-state index in [1.54, 1.807) is 0 Å². The smallest absolute Gasteiger partial charge is 0.387 e. The van der Waals surface area contributed by atoms with Gasteiger partial charge in [-0.25, -0.2) is 4.39 Å². The number of rotatable bonds is 3. The van der Waals surface area contributed by atoms with Gasteiger partial charge in [0.25, 0.3) is 0 Å². The molecule has 0 spiro atoms. The highest BCUT2D eigenvalue weighted by atomic mass is 79.9. The summed E-state index contributed by atoms with van der Waals surface area (Å²) < 4.78 is 40.4. The van der Waals surface area contributed by atoms with E-state index in [2.05, 4.69) is 20.7 Å². The lowest BCUT2D eigenvalue weighted by Crippen LogP contribution is -2.04. The number of benzene rings is 1. The quantitative estimate of drug-likeness (QED) is 0.753. The van der Waals surface area contributed by atoms with Gasteiger partial charge in [0.2, 0.25) is 0 Å². The van der Waals surface area contributed by atoms with Crippen LogP contribution in [0.15, 0.2) is 18.2 Å². The third kappa shape index (κ3) is 2.91. The van der Waals surface area contributed by atoms with Crippen molar-refractivity contribution in [2.75, 3.05) is 0 Å². The molecule has 13 heavy (non-hydrogen) atoms. The highest BCUT2D eigenvalue weighted by Crippen LogP contribution is 2.23. The molecule has 0 heterocycles. The van der Waals surface area contributed by atoms with E-state index in [0.29, 0.717) is 5.56 Å². The van der Waals surface area contributed by atoms with Crippen LogP contribution in [-0.2, 0) is 5.33 Å². The third-order valence-corrected chi connectivity index (χ3v) is 1.99. The Balaban J connectivity index is 2.92. The van der Waals surface area contributed by atoms with Crippen molar-refractivity contribution in [1.29, 1.82) is 0 Å². The molecule has 1 nitrogen and oxygen atoms in total. The minimum atomic E-state index is -2.89. The fourth-order valence-electron chi connectivity index (χ4n) is 0.863. The maximum Gasteiger partial charge on any atom is 0.387 e. The van der Waals surface area contributed by atoms with Crippen LogP contribution in [0.1, 0.15) is 5.56 Å². The van der Waals surface area contributed by atoms with Gasteiger partial charge < -0.3 is 4.74 Å². The maximum absolute atomic E-state index is 12.6. The van der Waals surface area contributed by atoms with Gasteiger partial charge in [0.05, 0.1) is 0 Å². The molecule has 0 bridgehead atoms. The second-order valence-electron chi connectivity index (χ2n) is 2.26. The molecule has 0 radical (unpaired) electrons. The van der Waals surface area contributed by atoms with Crippen LogP contribution in [0.5, 0.6) is 5.75 Å². The molecule has 0 saturated carbocycles. The van der Waals surface area contributed by atoms with Crippen LogP contribution in [0.25, 0.3) is 0 Å². The van der Waals surface area contributed by atoms with E-state index < -0.39 is 12.4 Å². The Morgan fingerprint density at radius 2 is 2.08 bits per heavy atom. The van der Waals surface area contributed by atoms with Gasteiger partial charge in [-0.2, -0.15) is 8.78 Å². The van der Waals surface area contributed by atoms with Crippen molar-refractivity contribution in [2.45, 2.75) is 11.9 Å². The van der Waals surface area contributed by atoms with Crippen molar-refractivity contribution in [1.82, 2.24) is 0 Å². The van der Waals surface area contributed by atoms with Gasteiger partial charge in [-0.15, -0.1) is 0 Å². The second-order valence-corrected chi connectivity index (χ2v) is 2.82. The number of hydrogen-bond acceptors (Lipinski definition) is 1. The Kier molecular flexibility index (Phi) is 3.59. The minimum absolute atomic E-state index is 0.00623. The topological polar surface area (TPSA) is 9.23 Å². The monoisotopic (exact) mass is 254 g/mol. The van der Waals surface area contributed by atoms with Crippen LogP contribution in [0.4, 0.5) is 13.2 Å². The summed E-state index contributed by atoms with van der Waals surface area (Å²) in [5, 5.41) is 0.271. The van der Waals surface area contributed by atoms with Gasteiger partial charge in [-0.05, 0) is 18.2 Å². The van der Waals surface area contributed by atoms with Crippen LogP contribution in [0.2, 0.25) is 0 Å². The number of ether oxygens (including phenoxy) is 1. The van der Waals surface area contributed by atoms with E-state index in [1.807, 2.05) is 0 Å². The first kappa shape index (κ1) is 10.4. The normalized spacial score (nSPS) is 10.5. The van der Waals surface area contributed by atoms with E-state index in [-0.39, 0.29) is 11.1 Å². The molecule has 0 aromatic heterocycles. The zero-order valence-electron chi connectivity index (χ0n) is 6.44. The second kappa shape index (κ2) is 4.50. The summed E-state index contributed by atoms with van der Waals surface area (Å²) in [5.74, 6) is -0.482. The Morgan fingerprint density at radius 1 is 1.38 bits per heavy atom. The summed E-state index contributed by atoms with van der Waals surface area (Å²) in [7, 11) is 0. The molecule has 0 fully saturated rings. The highest BCUT2D eigenvalue weighted by molar-refractivity contribution is 9.08. The third-order valence-electron chi connectivity index (χ3n) is 1.38. The molecule has 5 heteroatoms. The summed E-state index contributed by atoms with van der Waals surface area (Å²) in [6.45, 7) is -2.89. The molecule has 1 aromatic carbocycles. The molecule has 0 saturated heterocycles. The predicted molar refractivity (Wildman–Crippen MR) is 45.7 cm³/mol. The molecule has 0 aliphatic heterocycles. The van der Waals surface area contributed by atoms with Crippen molar-refractivity contribution >= 4 is 15.9 Å². The van der Waals surface area contributed by atoms with E-state index in [1.165, 1.54) is 6.07 Å². The van der Waals surface area contributed by atoms with Crippen molar-refractivity contribution in [2.24, 2.45) is 0 Å². The van der Waals surface area contributed by atoms with Gasteiger partial charge in [-0.1, -0.05) is 15.9 Å². The van der Waals surface area contributed by atoms with Crippen molar-refractivity contribution in [3.05, 3.63) is 29.6 Å². The van der Waals surface area contributed by atoms with Crippen LogP contribution in [0.3, 0.4) is 0 Å². The molecule has 0 atom stereocenters. The van der Waals surface area contributed by atoms with Crippen LogP contribution < -0.4 is 4.74 Å². The first-order chi connectivity index (χ1) is 6.13. The molecular formula is C8H6BrF3O. The Bertz CT molecular complexity index is 291. The molecule has 72 valence electrons. The predicted octanol–water partition coefficient (Wildman–Crippen LogP) is 3.32. The molecule has 1 rings (SSSR count). The van der Waals surface area contributed by atoms with Crippen LogP contribution in [-0.4, -0.2) is 6.61 Å². The largest absolute Gasteiger partial charge is 0.435 e. The fourth-order valence-corrected chi connectivity index (χ4v) is 1.30. The standard InChI is InChI=1S/C8H6BrF3O/c9-4-5-3-6(10)1-2-7(5)13-8(11)12/h1-3,8H,4H2. The molecule has 1 aromatic rings. The van der Waals surface area contributed by atoms with E-state index in [4.69, 9.17) is 0 Å². The number of hydrogen-bond donors (Lipinski definition) is 0. The van der Waals surface area contributed by atoms with E-state index in [9.17, 15) is 13.2 Å². The molecule has 0 unspecified atom stereocenters. The van der Waals surface area contributed by atoms with Crippen LogP contribution in [0, 0.1) is 5.82 Å². The lowest BCUT2D eigenvalue weighted by Gasteiger charge is -2.08. The summed E-state index contributed by atoms with van der Waals surface area (Å²) in [4.78, 5) is 0. The molecule has 0 amide bonds. The average molecular weight is 255 g/mol. The molecule has 0 aliphatic carbocycles. The maximum atomic E-state index is 12.6. The zero-order valence-corrected chi connectivity index (χ0v) is 8.02. The first-order valence-corrected chi connectivity index (χ1v) is 4.55. The van der Waals surface area contributed by atoms with Gasteiger partial charge in [0, 0.05) is 10.9 Å². The van der Waals surface area contributed by atoms with Gasteiger partial charge >= 0.3 is 6.61 Å². The average Bonchev–Trinajstić information content (AvgIpc) is 2.07. The molecular weight excluding hydrogens is 249 g/mol. The first-order valence-electron chi connectivity index (χ1n) is 3.42. The van der Waals surface area contributed by atoms with Crippen molar-refractivity contribution < 1.29 is 17.9 Å². The van der Waals surface area contributed by atoms with Crippen LogP contribution >= 0.6 is 15.9 Å². The van der Waals surface area contributed by atoms with Crippen molar-refractivity contribution in [3.63, 3.8) is 0 Å². The molecule has 0 N–H and O–H groups in total. The summed E-state index contributed by atoms with van der Waals surface area (Å²) >= 11 is 3.04. The lowest BCUT2D eigenvalue weighted by molar-refractivity contribution is -0.0503. The fraction of sp³-hybridized carbons (Fsp3) is 0.250. The summed E-state index contributed by atoms with van der Waals surface area (Å²) in [6.07, 6.45) is 0. The summed E-state index contributed by atoms with van der Waals surface area (Å²) in [6, 6.07) is 3.40. The van der Waals surface area contributed by atoms with E-state index >= 15 is 0 Å². The summed E-state index contributed by atoms with van der Waals surface area (Å²) in [5.41, 5.74) is 0.361. The zero-order chi connectivity index (χ0) is 9.84. The van der Waals surface area contributed by atoms with E-state index in [0.717, 1.165) is 12.1 Å². The van der Waals surface area contributed by atoms with Gasteiger partial charge in [-0.3, -0.25) is 0 Å². The lowest BCUT2D eigenvalue weighted by atomic mass is 10.2. The highest BCUT2D eigenvalue weighted by Gasteiger charge is 2.09. The molecule has 0 aliphatic rings. The Labute approximate surface area is 81.6 Å². The SMILES string of the molecule is Fc1ccc(OC(F)F)c(CBr)c1. The van der Waals surface area contributed by atoms with Gasteiger partial charge in [0.1, 0.15) is 11.6 Å². The van der Waals surface area contributed by atoms with Gasteiger partial charge in [0.15, 0.2) is 0 Å². The Hall–Kier alpha value is -0.710. The number of alkyl halides is 3. The number of halogens is 4. The Morgan fingerprint density at radius 3 is 2.62 bits per heavy atom.